The second-order valence-electron chi connectivity index (χ2n) is 4.30. The Morgan fingerprint density at radius 3 is 2.43 bits per heavy atom. The molecule has 1 fully saturated rings. The first-order valence-electron chi connectivity index (χ1n) is 5.02. The summed E-state index contributed by atoms with van der Waals surface area (Å²) in [7, 11) is 0. The molecule has 0 bridgehead atoms. The number of rotatable bonds is 1. The Morgan fingerprint density at radius 1 is 1.29 bits per heavy atom. The molecule has 1 aliphatic rings. The van der Waals surface area contributed by atoms with E-state index < -0.39 is 5.60 Å². The van der Waals surface area contributed by atoms with E-state index in [1.165, 1.54) is 6.07 Å². The van der Waals surface area contributed by atoms with Gasteiger partial charge in [0.25, 0.3) is 0 Å². The van der Waals surface area contributed by atoms with Gasteiger partial charge in [0, 0.05) is 0 Å². The van der Waals surface area contributed by atoms with E-state index in [0.717, 1.165) is 30.4 Å². The molecule has 14 heavy (non-hydrogen) atoms. The lowest BCUT2D eigenvalue weighted by atomic mass is 9.73. The van der Waals surface area contributed by atoms with Gasteiger partial charge in [0.05, 0.1) is 5.60 Å². The monoisotopic (exact) mass is 194 g/mol. The molecular formula is C12H15FO. The molecule has 76 valence electrons. The summed E-state index contributed by atoms with van der Waals surface area (Å²) >= 11 is 0. The van der Waals surface area contributed by atoms with Crippen LogP contribution in [-0.4, -0.2) is 5.11 Å². The van der Waals surface area contributed by atoms with E-state index in [0.29, 0.717) is 5.56 Å². The molecule has 0 aromatic heterocycles. The van der Waals surface area contributed by atoms with Crippen molar-refractivity contribution in [1.29, 1.82) is 0 Å². The van der Waals surface area contributed by atoms with Crippen molar-refractivity contribution in [3.63, 3.8) is 0 Å². The van der Waals surface area contributed by atoms with Gasteiger partial charge in [0.1, 0.15) is 5.82 Å². The van der Waals surface area contributed by atoms with Crippen molar-refractivity contribution in [3.05, 3.63) is 34.6 Å². The van der Waals surface area contributed by atoms with Gasteiger partial charge in [0.15, 0.2) is 0 Å². The third kappa shape index (κ3) is 1.34. The molecule has 1 aliphatic carbocycles. The predicted molar refractivity (Wildman–Crippen MR) is 53.6 cm³/mol. The van der Waals surface area contributed by atoms with E-state index in [1.807, 2.05) is 13.0 Å². The van der Waals surface area contributed by atoms with E-state index in [4.69, 9.17) is 0 Å². The summed E-state index contributed by atoms with van der Waals surface area (Å²) in [6.07, 6.45) is 2.55. The molecular weight excluding hydrogens is 179 g/mol. The Hall–Kier alpha value is -0.890. The Balaban J connectivity index is 2.51. The van der Waals surface area contributed by atoms with Gasteiger partial charge in [-0.1, -0.05) is 6.07 Å². The number of hydrogen-bond donors (Lipinski definition) is 1. The number of aliphatic hydroxyl groups is 1. The van der Waals surface area contributed by atoms with Crippen LogP contribution in [0.2, 0.25) is 0 Å². The first-order valence-corrected chi connectivity index (χ1v) is 5.02. The van der Waals surface area contributed by atoms with Crippen molar-refractivity contribution >= 4 is 0 Å². The molecule has 1 aromatic rings. The minimum atomic E-state index is -0.753. The minimum Gasteiger partial charge on any atom is -0.385 e. The summed E-state index contributed by atoms with van der Waals surface area (Å²) in [6.45, 7) is 3.59. The molecule has 0 saturated heterocycles. The second kappa shape index (κ2) is 3.06. The Bertz CT molecular complexity index is 367. The van der Waals surface area contributed by atoms with Crippen LogP contribution in [0, 0.1) is 19.7 Å². The fourth-order valence-corrected chi connectivity index (χ4v) is 2.08. The van der Waals surface area contributed by atoms with E-state index in [2.05, 4.69) is 0 Å². The molecule has 0 spiro atoms. The van der Waals surface area contributed by atoms with Crippen LogP contribution in [0.25, 0.3) is 0 Å². The van der Waals surface area contributed by atoms with Crippen molar-refractivity contribution in [2.75, 3.05) is 0 Å². The standard InChI is InChI=1S/C12H15FO/c1-8-6-10(9(2)11(13)7-8)12(14)4-3-5-12/h6-7,14H,3-5H2,1-2H3. The number of halogens is 1. The van der Waals surface area contributed by atoms with Crippen molar-refractivity contribution in [2.24, 2.45) is 0 Å². The van der Waals surface area contributed by atoms with Gasteiger partial charge in [-0.15, -0.1) is 0 Å². The van der Waals surface area contributed by atoms with Crippen LogP contribution in [0.1, 0.15) is 36.0 Å². The fourth-order valence-electron chi connectivity index (χ4n) is 2.08. The van der Waals surface area contributed by atoms with Crippen molar-refractivity contribution in [2.45, 2.75) is 38.7 Å². The van der Waals surface area contributed by atoms with Crippen LogP contribution in [0.3, 0.4) is 0 Å². The van der Waals surface area contributed by atoms with Gasteiger partial charge in [-0.2, -0.15) is 0 Å². The van der Waals surface area contributed by atoms with Gasteiger partial charge < -0.3 is 5.11 Å². The maximum absolute atomic E-state index is 13.4. The minimum absolute atomic E-state index is 0.208. The van der Waals surface area contributed by atoms with Crippen LogP contribution in [0.15, 0.2) is 12.1 Å². The highest BCUT2D eigenvalue weighted by atomic mass is 19.1. The normalized spacial score (nSPS) is 19.1. The first-order chi connectivity index (χ1) is 6.53. The lowest BCUT2D eigenvalue weighted by Crippen LogP contribution is -2.34. The molecule has 1 saturated carbocycles. The van der Waals surface area contributed by atoms with E-state index in [-0.39, 0.29) is 5.82 Å². The molecule has 0 heterocycles. The summed E-state index contributed by atoms with van der Waals surface area (Å²) in [4.78, 5) is 0. The smallest absolute Gasteiger partial charge is 0.126 e. The van der Waals surface area contributed by atoms with E-state index in [9.17, 15) is 9.50 Å². The zero-order chi connectivity index (χ0) is 10.3. The largest absolute Gasteiger partial charge is 0.385 e. The van der Waals surface area contributed by atoms with Crippen LogP contribution < -0.4 is 0 Å². The van der Waals surface area contributed by atoms with Gasteiger partial charge in [-0.3, -0.25) is 0 Å². The van der Waals surface area contributed by atoms with Crippen LogP contribution in [-0.2, 0) is 5.60 Å². The van der Waals surface area contributed by atoms with Crippen LogP contribution in [0.5, 0.6) is 0 Å². The maximum atomic E-state index is 13.4. The summed E-state index contributed by atoms with van der Waals surface area (Å²) in [6, 6.07) is 3.42. The predicted octanol–water partition coefficient (Wildman–Crippen LogP) is 2.81. The SMILES string of the molecule is Cc1cc(F)c(C)c(C2(O)CCC2)c1. The van der Waals surface area contributed by atoms with Crippen LogP contribution in [0.4, 0.5) is 4.39 Å². The lowest BCUT2D eigenvalue weighted by molar-refractivity contribution is -0.0396. The molecule has 0 amide bonds. The average molecular weight is 194 g/mol. The topological polar surface area (TPSA) is 20.2 Å². The molecule has 2 heteroatoms. The molecule has 1 N–H and O–H groups in total. The Labute approximate surface area is 83.6 Å². The van der Waals surface area contributed by atoms with Gasteiger partial charge in [-0.05, 0) is 55.9 Å². The zero-order valence-corrected chi connectivity index (χ0v) is 8.60. The molecule has 0 aliphatic heterocycles. The Morgan fingerprint density at radius 2 is 1.93 bits per heavy atom. The molecule has 1 aromatic carbocycles. The van der Waals surface area contributed by atoms with Gasteiger partial charge in [0.2, 0.25) is 0 Å². The Kier molecular flexibility index (Phi) is 2.11. The van der Waals surface area contributed by atoms with Crippen molar-refractivity contribution < 1.29 is 9.50 Å². The van der Waals surface area contributed by atoms with Gasteiger partial charge >= 0.3 is 0 Å². The molecule has 0 atom stereocenters. The summed E-state index contributed by atoms with van der Waals surface area (Å²) in [5.74, 6) is -0.208. The van der Waals surface area contributed by atoms with Gasteiger partial charge in [-0.25, -0.2) is 4.39 Å². The summed E-state index contributed by atoms with van der Waals surface area (Å²) in [5, 5.41) is 10.1. The third-order valence-electron chi connectivity index (χ3n) is 3.17. The molecule has 0 radical (unpaired) electrons. The highest BCUT2D eigenvalue weighted by Gasteiger charge is 2.37. The molecule has 1 nitrogen and oxygen atoms in total. The molecule has 0 unspecified atom stereocenters. The number of hydrogen-bond acceptors (Lipinski definition) is 1. The third-order valence-corrected chi connectivity index (χ3v) is 3.17. The number of benzene rings is 1. The number of aryl methyl sites for hydroxylation is 1. The molecule has 2 rings (SSSR count). The van der Waals surface area contributed by atoms with E-state index in [1.54, 1.807) is 6.92 Å². The quantitative estimate of drug-likeness (QED) is 0.728. The maximum Gasteiger partial charge on any atom is 0.126 e. The van der Waals surface area contributed by atoms with Crippen molar-refractivity contribution in [3.8, 4) is 0 Å². The van der Waals surface area contributed by atoms with Crippen LogP contribution >= 0.6 is 0 Å². The summed E-state index contributed by atoms with van der Waals surface area (Å²) < 4.78 is 13.4. The second-order valence-corrected chi connectivity index (χ2v) is 4.30. The lowest BCUT2D eigenvalue weighted by Gasteiger charge is -2.38. The first kappa shape index (κ1) is 9.66. The van der Waals surface area contributed by atoms with Crippen molar-refractivity contribution in [1.82, 2.24) is 0 Å². The van der Waals surface area contributed by atoms with E-state index >= 15 is 0 Å². The zero-order valence-electron chi connectivity index (χ0n) is 8.60. The summed E-state index contributed by atoms with van der Waals surface area (Å²) in [5.41, 5.74) is 1.50. The highest BCUT2D eigenvalue weighted by molar-refractivity contribution is 5.37. The highest BCUT2D eigenvalue weighted by Crippen LogP contribution is 2.42. The average Bonchev–Trinajstić information content (AvgIpc) is 2.07. The fraction of sp³-hybridized carbons (Fsp3) is 0.500.